The van der Waals surface area contributed by atoms with E-state index >= 15 is 0 Å². The van der Waals surface area contributed by atoms with Gasteiger partial charge in [0, 0.05) is 22.5 Å². The SMILES string of the molecule is O=C(NOC1CCCNC1)c1oc2ccncc2c1Nc1ccc(I)cc1F. The van der Waals surface area contributed by atoms with E-state index in [1.165, 1.54) is 6.07 Å². The molecule has 1 aliphatic heterocycles. The highest BCUT2D eigenvalue weighted by atomic mass is 127. The number of fused-ring (bicyclic) bond motifs is 1. The van der Waals surface area contributed by atoms with Crippen molar-refractivity contribution in [3.8, 4) is 0 Å². The van der Waals surface area contributed by atoms with Crippen LogP contribution in [0, 0.1) is 9.39 Å². The molecule has 1 unspecified atom stereocenters. The molecule has 3 N–H and O–H groups in total. The number of furan rings is 1. The Morgan fingerprint density at radius 1 is 1.39 bits per heavy atom. The fourth-order valence-corrected chi connectivity index (χ4v) is 3.51. The van der Waals surface area contributed by atoms with Crippen molar-refractivity contribution in [2.24, 2.45) is 0 Å². The van der Waals surface area contributed by atoms with Crippen LogP contribution in [-0.2, 0) is 4.84 Å². The first-order chi connectivity index (χ1) is 13.6. The Morgan fingerprint density at radius 3 is 3.07 bits per heavy atom. The van der Waals surface area contributed by atoms with E-state index in [1.54, 1.807) is 30.6 Å². The quantitative estimate of drug-likeness (QED) is 0.369. The van der Waals surface area contributed by atoms with E-state index in [1.807, 2.05) is 22.6 Å². The number of carbonyl (C=O) groups is 1. The van der Waals surface area contributed by atoms with Gasteiger partial charge in [-0.25, -0.2) is 9.87 Å². The van der Waals surface area contributed by atoms with Gasteiger partial charge in [-0.15, -0.1) is 0 Å². The summed E-state index contributed by atoms with van der Waals surface area (Å²) in [5, 5.41) is 6.76. The van der Waals surface area contributed by atoms with Crippen molar-refractivity contribution < 1.29 is 18.4 Å². The summed E-state index contributed by atoms with van der Waals surface area (Å²) in [4.78, 5) is 22.3. The molecule has 3 heterocycles. The number of hydrogen-bond acceptors (Lipinski definition) is 6. The number of hydroxylamine groups is 1. The molecule has 3 aromatic rings. The van der Waals surface area contributed by atoms with Crippen LogP contribution < -0.4 is 16.1 Å². The molecule has 1 saturated heterocycles. The summed E-state index contributed by atoms with van der Waals surface area (Å²) in [5.41, 5.74) is 3.49. The minimum Gasteiger partial charge on any atom is -0.448 e. The second-order valence-corrected chi connectivity index (χ2v) is 7.69. The topological polar surface area (TPSA) is 88.4 Å². The molecular formula is C19H18FIN4O3. The lowest BCUT2D eigenvalue weighted by atomic mass is 10.1. The second-order valence-electron chi connectivity index (χ2n) is 6.44. The van der Waals surface area contributed by atoms with Crippen LogP contribution in [0.5, 0.6) is 0 Å². The van der Waals surface area contributed by atoms with Crippen molar-refractivity contribution in [3.63, 3.8) is 0 Å². The number of nitrogens with zero attached hydrogens (tertiary/aromatic N) is 1. The predicted molar refractivity (Wildman–Crippen MR) is 111 cm³/mol. The van der Waals surface area contributed by atoms with E-state index in [9.17, 15) is 9.18 Å². The Balaban J connectivity index is 1.61. The van der Waals surface area contributed by atoms with Crippen molar-refractivity contribution >= 4 is 50.8 Å². The molecule has 7 nitrogen and oxygen atoms in total. The van der Waals surface area contributed by atoms with Crippen molar-refractivity contribution in [1.29, 1.82) is 0 Å². The van der Waals surface area contributed by atoms with Crippen LogP contribution >= 0.6 is 22.6 Å². The number of nitrogens with one attached hydrogen (secondary N) is 3. The molecule has 1 amide bonds. The zero-order valence-corrected chi connectivity index (χ0v) is 17.0. The Morgan fingerprint density at radius 2 is 2.29 bits per heavy atom. The lowest BCUT2D eigenvalue weighted by molar-refractivity contribution is -0.0261. The number of rotatable bonds is 5. The third kappa shape index (κ3) is 4.10. The molecule has 4 rings (SSSR count). The first-order valence-electron chi connectivity index (χ1n) is 8.87. The molecule has 0 spiro atoms. The van der Waals surface area contributed by atoms with Crippen molar-refractivity contribution in [2.45, 2.75) is 18.9 Å². The van der Waals surface area contributed by atoms with E-state index in [-0.39, 0.29) is 17.6 Å². The van der Waals surface area contributed by atoms with E-state index in [0.29, 0.717) is 23.2 Å². The summed E-state index contributed by atoms with van der Waals surface area (Å²) >= 11 is 2.03. The van der Waals surface area contributed by atoms with Crippen LogP contribution in [0.4, 0.5) is 15.8 Å². The third-order valence-corrected chi connectivity index (χ3v) is 5.13. The normalized spacial score (nSPS) is 16.9. The van der Waals surface area contributed by atoms with Gasteiger partial charge in [0.25, 0.3) is 0 Å². The first kappa shape index (κ1) is 19.1. The summed E-state index contributed by atoms with van der Waals surface area (Å²) in [7, 11) is 0. The standard InChI is InChI=1S/C19H18FIN4O3/c20-14-8-11(21)3-4-15(14)24-17-13-10-23-7-5-16(13)27-18(17)19(26)25-28-12-2-1-6-22-9-12/h3-5,7-8,10,12,22,24H,1-2,6,9H2,(H,25,26). The van der Waals surface area contributed by atoms with Gasteiger partial charge in [-0.3, -0.25) is 14.6 Å². The molecule has 1 aromatic carbocycles. The van der Waals surface area contributed by atoms with Crippen LogP contribution in [0.15, 0.2) is 41.1 Å². The van der Waals surface area contributed by atoms with Crippen LogP contribution in [0.3, 0.4) is 0 Å². The number of hydrogen-bond donors (Lipinski definition) is 3. The molecular weight excluding hydrogens is 478 g/mol. The summed E-state index contributed by atoms with van der Waals surface area (Å²) in [5.74, 6) is -0.971. The largest absolute Gasteiger partial charge is 0.448 e. The van der Waals surface area contributed by atoms with Gasteiger partial charge in [0.1, 0.15) is 17.1 Å². The highest BCUT2D eigenvalue weighted by molar-refractivity contribution is 14.1. The summed E-state index contributed by atoms with van der Waals surface area (Å²) < 4.78 is 20.8. The fourth-order valence-electron chi connectivity index (χ4n) is 3.05. The van der Waals surface area contributed by atoms with Crippen LogP contribution in [0.25, 0.3) is 11.0 Å². The number of amides is 1. The number of anilines is 2. The molecule has 2 aromatic heterocycles. The highest BCUT2D eigenvalue weighted by Gasteiger charge is 2.23. The van der Waals surface area contributed by atoms with Crippen LogP contribution in [-0.4, -0.2) is 30.1 Å². The molecule has 0 aliphatic carbocycles. The minimum atomic E-state index is -0.546. The number of pyridine rings is 1. The molecule has 0 radical (unpaired) electrons. The Hall–Kier alpha value is -2.24. The number of aromatic nitrogens is 1. The lowest BCUT2D eigenvalue weighted by Gasteiger charge is -2.22. The molecule has 0 bridgehead atoms. The summed E-state index contributed by atoms with van der Waals surface area (Å²) in [6.45, 7) is 1.61. The molecule has 28 heavy (non-hydrogen) atoms. The van der Waals surface area contributed by atoms with Gasteiger partial charge in [-0.1, -0.05) is 0 Å². The Labute approximate surface area is 174 Å². The Bertz CT molecular complexity index is 1000. The number of piperidine rings is 1. The number of halogens is 2. The highest BCUT2D eigenvalue weighted by Crippen LogP contribution is 2.33. The van der Waals surface area contributed by atoms with Gasteiger partial charge in [-0.05, 0) is 66.2 Å². The third-order valence-electron chi connectivity index (χ3n) is 4.46. The van der Waals surface area contributed by atoms with E-state index < -0.39 is 11.7 Å². The van der Waals surface area contributed by atoms with Crippen molar-refractivity contribution in [3.05, 3.63) is 51.8 Å². The second kappa shape index (κ2) is 8.41. The van der Waals surface area contributed by atoms with E-state index in [0.717, 1.165) is 23.0 Å². The van der Waals surface area contributed by atoms with Gasteiger partial charge in [0.05, 0.1) is 17.2 Å². The van der Waals surface area contributed by atoms with Crippen molar-refractivity contribution in [2.75, 3.05) is 18.4 Å². The minimum absolute atomic E-state index is 0.00437. The zero-order valence-electron chi connectivity index (χ0n) is 14.8. The molecule has 1 atom stereocenters. The van der Waals surface area contributed by atoms with E-state index in [2.05, 4.69) is 21.1 Å². The maximum Gasteiger partial charge on any atom is 0.312 e. The first-order valence-corrected chi connectivity index (χ1v) is 9.95. The fraction of sp³-hybridized carbons (Fsp3) is 0.263. The Kier molecular flexibility index (Phi) is 5.74. The van der Waals surface area contributed by atoms with Gasteiger partial charge < -0.3 is 15.1 Å². The monoisotopic (exact) mass is 496 g/mol. The summed E-state index contributed by atoms with van der Waals surface area (Å²) in [6, 6.07) is 6.43. The maximum absolute atomic E-state index is 14.3. The van der Waals surface area contributed by atoms with E-state index in [4.69, 9.17) is 9.25 Å². The van der Waals surface area contributed by atoms with Crippen molar-refractivity contribution in [1.82, 2.24) is 15.8 Å². The van der Waals surface area contributed by atoms with Crippen LogP contribution in [0.2, 0.25) is 0 Å². The summed E-state index contributed by atoms with van der Waals surface area (Å²) in [6.07, 6.45) is 4.86. The lowest BCUT2D eigenvalue weighted by Crippen LogP contribution is -2.40. The predicted octanol–water partition coefficient (Wildman–Crippen LogP) is 3.73. The molecule has 1 aliphatic rings. The smallest absolute Gasteiger partial charge is 0.312 e. The molecule has 9 heteroatoms. The number of carbonyl (C=O) groups excluding carboxylic acids is 1. The average Bonchev–Trinajstić information content (AvgIpc) is 3.08. The zero-order chi connectivity index (χ0) is 19.5. The average molecular weight is 496 g/mol. The number of benzene rings is 1. The van der Waals surface area contributed by atoms with Gasteiger partial charge >= 0.3 is 5.91 Å². The molecule has 1 fully saturated rings. The maximum atomic E-state index is 14.3. The van der Waals surface area contributed by atoms with Crippen LogP contribution in [0.1, 0.15) is 23.4 Å². The van der Waals surface area contributed by atoms with Gasteiger partial charge in [-0.2, -0.15) is 0 Å². The van der Waals surface area contributed by atoms with Gasteiger partial charge in [0.2, 0.25) is 5.76 Å². The molecule has 0 saturated carbocycles. The van der Waals surface area contributed by atoms with Gasteiger partial charge in [0.15, 0.2) is 0 Å². The molecule has 146 valence electrons.